The first-order chi connectivity index (χ1) is 7.72. The van der Waals surface area contributed by atoms with Crippen molar-refractivity contribution < 1.29 is 5.11 Å². The molecule has 0 saturated carbocycles. The van der Waals surface area contributed by atoms with E-state index in [-0.39, 0.29) is 6.10 Å². The number of nitrogens with one attached hydrogen (secondary N) is 1. The number of aromatic nitrogens is 2. The molecule has 0 unspecified atom stereocenters. The Balaban J connectivity index is 2.20. The number of hydrogen-bond donors (Lipinski definition) is 3. The molecule has 0 aromatic carbocycles. The minimum Gasteiger partial charge on any atom is -0.393 e. The fraction of sp³-hybridized carbons (Fsp3) is 0.600. The summed E-state index contributed by atoms with van der Waals surface area (Å²) in [5, 5.41) is 9.45. The molecule has 0 spiro atoms. The summed E-state index contributed by atoms with van der Waals surface area (Å²) in [6, 6.07) is 0. The quantitative estimate of drug-likeness (QED) is 0.484. The Morgan fingerprint density at radius 2 is 2.12 bits per heavy atom. The SMILES string of the molecule is Cc1c(NN)ncnc1N1CCC(O)CC1. The molecule has 1 fully saturated rings. The molecule has 1 aromatic heterocycles. The van der Waals surface area contributed by atoms with Crippen molar-refractivity contribution in [3.05, 3.63) is 11.9 Å². The van der Waals surface area contributed by atoms with Crippen molar-refractivity contribution >= 4 is 11.6 Å². The number of hydrazine groups is 1. The van der Waals surface area contributed by atoms with E-state index in [1.165, 1.54) is 6.33 Å². The number of aliphatic hydroxyl groups excluding tert-OH is 1. The Labute approximate surface area is 94.5 Å². The summed E-state index contributed by atoms with van der Waals surface area (Å²) in [6.45, 7) is 3.58. The van der Waals surface area contributed by atoms with Crippen LogP contribution in [0.3, 0.4) is 0 Å². The molecule has 0 amide bonds. The van der Waals surface area contributed by atoms with Crippen molar-refractivity contribution in [2.75, 3.05) is 23.4 Å². The van der Waals surface area contributed by atoms with Crippen LogP contribution in [0.1, 0.15) is 18.4 Å². The molecule has 0 radical (unpaired) electrons. The van der Waals surface area contributed by atoms with Crippen LogP contribution in [-0.4, -0.2) is 34.3 Å². The van der Waals surface area contributed by atoms with Crippen molar-refractivity contribution in [3.63, 3.8) is 0 Å². The number of aliphatic hydroxyl groups is 1. The minimum absolute atomic E-state index is 0.175. The summed E-state index contributed by atoms with van der Waals surface area (Å²) in [5.74, 6) is 6.92. The molecule has 0 atom stereocenters. The number of nitrogens with zero attached hydrogens (tertiary/aromatic N) is 3. The Bertz CT molecular complexity index is 362. The second-order valence-electron chi connectivity index (χ2n) is 4.03. The topological polar surface area (TPSA) is 87.3 Å². The average Bonchev–Trinajstić information content (AvgIpc) is 2.31. The van der Waals surface area contributed by atoms with Gasteiger partial charge in [-0.2, -0.15) is 0 Å². The highest BCUT2D eigenvalue weighted by atomic mass is 16.3. The lowest BCUT2D eigenvalue weighted by Gasteiger charge is -2.31. The molecule has 0 aliphatic carbocycles. The van der Waals surface area contributed by atoms with E-state index in [1.54, 1.807) is 0 Å². The Morgan fingerprint density at radius 3 is 2.75 bits per heavy atom. The third kappa shape index (κ3) is 2.07. The van der Waals surface area contributed by atoms with Gasteiger partial charge in [0, 0.05) is 18.7 Å². The molecule has 0 bridgehead atoms. The maximum Gasteiger partial charge on any atom is 0.148 e. The van der Waals surface area contributed by atoms with Crippen molar-refractivity contribution in [1.29, 1.82) is 0 Å². The summed E-state index contributed by atoms with van der Waals surface area (Å²) in [7, 11) is 0. The van der Waals surface area contributed by atoms with Gasteiger partial charge in [0.1, 0.15) is 18.0 Å². The normalized spacial score (nSPS) is 17.6. The summed E-state index contributed by atoms with van der Waals surface area (Å²) in [5.41, 5.74) is 3.50. The molecule has 4 N–H and O–H groups in total. The van der Waals surface area contributed by atoms with Gasteiger partial charge in [-0.1, -0.05) is 0 Å². The number of nitrogens with two attached hydrogens (primary N) is 1. The summed E-state index contributed by atoms with van der Waals surface area (Å²) in [4.78, 5) is 10.5. The first-order valence-electron chi connectivity index (χ1n) is 5.43. The summed E-state index contributed by atoms with van der Waals surface area (Å²) >= 11 is 0. The first kappa shape index (κ1) is 11.1. The van der Waals surface area contributed by atoms with Gasteiger partial charge in [-0.05, 0) is 19.8 Å². The van der Waals surface area contributed by atoms with E-state index >= 15 is 0 Å². The molecule has 1 aromatic rings. The minimum atomic E-state index is -0.175. The second kappa shape index (κ2) is 4.63. The number of nitrogen functional groups attached to an aromatic ring is 1. The van der Waals surface area contributed by atoms with Crippen LogP contribution in [-0.2, 0) is 0 Å². The van der Waals surface area contributed by atoms with Gasteiger partial charge >= 0.3 is 0 Å². The molecule has 16 heavy (non-hydrogen) atoms. The molecule has 6 nitrogen and oxygen atoms in total. The Kier molecular flexibility index (Phi) is 3.21. The van der Waals surface area contributed by atoms with Crippen molar-refractivity contribution in [2.24, 2.45) is 5.84 Å². The van der Waals surface area contributed by atoms with Crippen LogP contribution in [0.4, 0.5) is 11.6 Å². The number of hydrogen-bond acceptors (Lipinski definition) is 6. The molecule has 1 aliphatic heterocycles. The number of piperidine rings is 1. The molecule has 2 heterocycles. The standard InChI is InChI=1S/C10H17N5O/c1-7-9(14-11)12-6-13-10(7)15-4-2-8(16)3-5-15/h6,8,16H,2-5,11H2,1H3,(H,12,13,14). The van der Waals surface area contributed by atoms with E-state index in [4.69, 9.17) is 5.84 Å². The third-order valence-corrected chi connectivity index (χ3v) is 2.96. The Morgan fingerprint density at radius 1 is 1.44 bits per heavy atom. The van der Waals surface area contributed by atoms with E-state index in [9.17, 15) is 5.11 Å². The first-order valence-corrected chi connectivity index (χ1v) is 5.43. The van der Waals surface area contributed by atoms with E-state index in [1.807, 2.05) is 6.92 Å². The van der Waals surface area contributed by atoms with Crippen LogP contribution >= 0.6 is 0 Å². The maximum atomic E-state index is 9.45. The molecular formula is C10H17N5O. The van der Waals surface area contributed by atoms with Gasteiger partial charge < -0.3 is 15.4 Å². The van der Waals surface area contributed by atoms with Crippen LogP contribution in [0, 0.1) is 6.92 Å². The second-order valence-corrected chi connectivity index (χ2v) is 4.03. The largest absolute Gasteiger partial charge is 0.393 e. The third-order valence-electron chi connectivity index (χ3n) is 2.96. The molecule has 1 aliphatic rings. The highest BCUT2D eigenvalue weighted by Gasteiger charge is 2.20. The lowest BCUT2D eigenvalue weighted by atomic mass is 10.1. The van der Waals surface area contributed by atoms with E-state index in [2.05, 4.69) is 20.3 Å². The van der Waals surface area contributed by atoms with E-state index < -0.39 is 0 Å². The lowest BCUT2D eigenvalue weighted by Crippen LogP contribution is -2.37. The van der Waals surface area contributed by atoms with Crippen molar-refractivity contribution in [2.45, 2.75) is 25.9 Å². The fourth-order valence-electron chi connectivity index (χ4n) is 1.98. The zero-order chi connectivity index (χ0) is 11.5. The molecular weight excluding hydrogens is 206 g/mol. The smallest absolute Gasteiger partial charge is 0.148 e. The average molecular weight is 223 g/mol. The van der Waals surface area contributed by atoms with Crippen LogP contribution in [0.25, 0.3) is 0 Å². The monoisotopic (exact) mass is 223 g/mol. The van der Waals surface area contributed by atoms with Gasteiger partial charge in [-0.25, -0.2) is 15.8 Å². The zero-order valence-corrected chi connectivity index (χ0v) is 9.35. The van der Waals surface area contributed by atoms with Gasteiger partial charge in [-0.3, -0.25) is 0 Å². The predicted octanol–water partition coefficient (Wildman–Crippen LogP) is 0.0317. The van der Waals surface area contributed by atoms with Crippen molar-refractivity contribution in [1.82, 2.24) is 9.97 Å². The molecule has 1 saturated heterocycles. The molecule has 88 valence electrons. The van der Waals surface area contributed by atoms with E-state index in [0.29, 0.717) is 5.82 Å². The molecule has 6 heteroatoms. The lowest BCUT2D eigenvalue weighted by molar-refractivity contribution is 0.145. The van der Waals surface area contributed by atoms with Crippen LogP contribution in [0.2, 0.25) is 0 Å². The van der Waals surface area contributed by atoms with E-state index in [0.717, 1.165) is 37.3 Å². The fourth-order valence-corrected chi connectivity index (χ4v) is 1.98. The van der Waals surface area contributed by atoms with Gasteiger partial charge in [0.2, 0.25) is 0 Å². The van der Waals surface area contributed by atoms with Gasteiger partial charge in [0.25, 0.3) is 0 Å². The van der Waals surface area contributed by atoms with Crippen LogP contribution in [0.15, 0.2) is 6.33 Å². The maximum absolute atomic E-state index is 9.45. The van der Waals surface area contributed by atoms with Gasteiger partial charge in [0.05, 0.1) is 6.10 Å². The predicted molar refractivity (Wildman–Crippen MR) is 62.0 cm³/mol. The Hall–Kier alpha value is -1.40. The molecule has 2 rings (SSSR count). The van der Waals surface area contributed by atoms with Gasteiger partial charge in [0.15, 0.2) is 0 Å². The zero-order valence-electron chi connectivity index (χ0n) is 9.35. The summed E-state index contributed by atoms with van der Waals surface area (Å²) in [6.07, 6.45) is 2.90. The summed E-state index contributed by atoms with van der Waals surface area (Å²) < 4.78 is 0. The highest BCUT2D eigenvalue weighted by Crippen LogP contribution is 2.24. The highest BCUT2D eigenvalue weighted by molar-refractivity contribution is 5.57. The van der Waals surface area contributed by atoms with Crippen LogP contribution in [0.5, 0.6) is 0 Å². The number of rotatable bonds is 2. The number of anilines is 2. The van der Waals surface area contributed by atoms with Crippen molar-refractivity contribution in [3.8, 4) is 0 Å². The van der Waals surface area contributed by atoms with Crippen LogP contribution < -0.4 is 16.2 Å². The van der Waals surface area contributed by atoms with Gasteiger partial charge in [-0.15, -0.1) is 0 Å².